The molecule has 0 radical (unpaired) electrons. The quantitative estimate of drug-likeness (QED) is 0.102. The fourth-order valence-corrected chi connectivity index (χ4v) is 5.00. The number of amides is 1. The second-order valence-corrected chi connectivity index (χ2v) is 11.2. The van der Waals surface area contributed by atoms with Crippen molar-refractivity contribution < 1.29 is 4.79 Å². The molecule has 1 atom stereocenters. The van der Waals surface area contributed by atoms with Gasteiger partial charge in [-0.05, 0) is 12.8 Å². The van der Waals surface area contributed by atoms with Crippen LogP contribution in [0.25, 0.3) is 0 Å². The SMILES string of the molecule is CCCCCCCCCCCCCCCCNC(=O)[C@@H](N)CCCCCCCCCCCCCC. The molecule has 0 saturated carbocycles. The number of rotatable bonds is 29. The molecular weight excluding hydrogens is 428 g/mol. The van der Waals surface area contributed by atoms with Crippen molar-refractivity contribution in [3.8, 4) is 0 Å². The van der Waals surface area contributed by atoms with Gasteiger partial charge in [-0.25, -0.2) is 0 Å². The number of carbonyl (C=O) groups excluding carboxylic acids is 1. The maximum absolute atomic E-state index is 12.2. The number of nitrogens with one attached hydrogen (secondary N) is 1. The van der Waals surface area contributed by atoms with Gasteiger partial charge in [0.05, 0.1) is 6.04 Å². The lowest BCUT2D eigenvalue weighted by Gasteiger charge is -2.12. The van der Waals surface area contributed by atoms with E-state index in [2.05, 4.69) is 19.2 Å². The number of unbranched alkanes of at least 4 members (excludes halogenated alkanes) is 24. The van der Waals surface area contributed by atoms with Crippen molar-refractivity contribution in [3.05, 3.63) is 0 Å². The Kier molecular flexibility index (Phi) is 29.2. The fraction of sp³-hybridized carbons (Fsp3) is 0.969. The largest absolute Gasteiger partial charge is 0.355 e. The van der Waals surface area contributed by atoms with Gasteiger partial charge in [0.2, 0.25) is 5.91 Å². The molecule has 3 nitrogen and oxygen atoms in total. The summed E-state index contributed by atoms with van der Waals surface area (Å²) in [5.74, 6) is 0.0581. The molecule has 0 rings (SSSR count). The minimum absolute atomic E-state index is 0.0581. The smallest absolute Gasteiger partial charge is 0.236 e. The average Bonchev–Trinajstić information content (AvgIpc) is 2.86. The molecule has 0 heterocycles. The van der Waals surface area contributed by atoms with Crippen molar-refractivity contribution in [1.82, 2.24) is 5.32 Å². The molecule has 210 valence electrons. The molecule has 0 aliphatic heterocycles. The van der Waals surface area contributed by atoms with Crippen LogP contribution in [0.1, 0.15) is 187 Å². The lowest BCUT2D eigenvalue weighted by atomic mass is 10.0. The molecule has 0 aromatic carbocycles. The summed E-state index contributed by atoms with van der Waals surface area (Å²) in [4.78, 5) is 12.2. The summed E-state index contributed by atoms with van der Waals surface area (Å²) in [6.45, 7) is 5.36. The van der Waals surface area contributed by atoms with Crippen LogP contribution in [0.3, 0.4) is 0 Å². The van der Waals surface area contributed by atoms with E-state index in [-0.39, 0.29) is 11.9 Å². The third-order valence-electron chi connectivity index (χ3n) is 7.54. The maximum atomic E-state index is 12.2. The van der Waals surface area contributed by atoms with Crippen molar-refractivity contribution in [3.63, 3.8) is 0 Å². The first kappa shape index (κ1) is 34.4. The molecule has 0 unspecified atom stereocenters. The third kappa shape index (κ3) is 27.9. The van der Waals surface area contributed by atoms with E-state index in [0.717, 1.165) is 25.8 Å². The van der Waals surface area contributed by atoms with Gasteiger partial charge in [-0.1, -0.05) is 174 Å². The van der Waals surface area contributed by atoms with E-state index in [1.165, 1.54) is 154 Å². The molecular formula is C32H66N2O. The standard InChI is InChI=1S/C32H66N2O/c1-3-5-7-9-11-13-15-17-18-20-22-24-26-28-30-34-32(35)31(33)29-27-25-23-21-19-16-14-12-10-8-6-4-2/h31H,3-30,33H2,1-2H3,(H,34,35)/t31-/m0/s1. The summed E-state index contributed by atoms with van der Waals surface area (Å²) in [6.07, 6.45) is 36.1. The van der Waals surface area contributed by atoms with Gasteiger partial charge in [0, 0.05) is 6.54 Å². The molecule has 35 heavy (non-hydrogen) atoms. The summed E-state index contributed by atoms with van der Waals surface area (Å²) in [6, 6.07) is -0.315. The first-order chi connectivity index (χ1) is 17.2. The summed E-state index contributed by atoms with van der Waals surface area (Å²) >= 11 is 0. The molecule has 0 saturated heterocycles. The highest BCUT2D eigenvalue weighted by molar-refractivity contribution is 5.81. The van der Waals surface area contributed by atoms with Gasteiger partial charge in [0.15, 0.2) is 0 Å². The number of carbonyl (C=O) groups is 1. The van der Waals surface area contributed by atoms with Crippen LogP contribution in [0.4, 0.5) is 0 Å². The van der Waals surface area contributed by atoms with Crippen molar-refractivity contribution in [2.75, 3.05) is 6.54 Å². The minimum atomic E-state index is -0.315. The van der Waals surface area contributed by atoms with Gasteiger partial charge in [0.1, 0.15) is 0 Å². The first-order valence-electron chi connectivity index (χ1n) is 16.3. The van der Waals surface area contributed by atoms with Crippen LogP contribution >= 0.6 is 0 Å². The predicted molar refractivity (Wildman–Crippen MR) is 157 cm³/mol. The van der Waals surface area contributed by atoms with Gasteiger partial charge in [0.25, 0.3) is 0 Å². The minimum Gasteiger partial charge on any atom is -0.355 e. The Morgan fingerprint density at radius 1 is 0.486 bits per heavy atom. The maximum Gasteiger partial charge on any atom is 0.236 e. The Labute approximate surface area is 221 Å². The molecule has 0 spiro atoms. The van der Waals surface area contributed by atoms with E-state index in [1.807, 2.05) is 0 Å². The zero-order valence-electron chi connectivity index (χ0n) is 24.4. The Bertz CT molecular complexity index is 412. The van der Waals surface area contributed by atoms with Gasteiger partial charge < -0.3 is 11.1 Å². The van der Waals surface area contributed by atoms with E-state index >= 15 is 0 Å². The van der Waals surface area contributed by atoms with Crippen LogP contribution in [0.15, 0.2) is 0 Å². The van der Waals surface area contributed by atoms with Crippen LogP contribution < -0.4 is 11.1 Å². The van der Waals surface area contributed by atoms with Crippen molar-refractivity contribution in [2.24, 2.45) is 5.73 Å². The Balaban J connectivity index is 3.28. The predicted octanol–water partition coefficient (Wildman–Crippen LogP) is 10.0. The molecule has 0 aliphatic carbocycles. The Hall–Kier alpha value is -0.570. The van der Waals surface area contributed by atoms with Crippen molar-refractivity contribution in [2.45, 2.75) is 193 Å². The van der Waals surface area contributed by atoms with Crippen LogP contribution in [0, 0.1) is 0 Å². The fourth-order valence-electron chi connectivity index (χ4n) is 5.00. The molecule has 0 aliphatic rings. The monoisotopic (exact) mass is 495 g/mol. The van der Waals surface area contributed by atoms with Crippen LogP contribution in [0.5, 0.6) is 0 Å². The molecule has 3 N–H and O–H groups in total. The van der Waals surface area contributed by atoms with Crippen molar-refractivity contribution in [1.29, 1.82) is 0 Å². The molecule has 0 bridgehead atoms. The summed E-state index contributed by atoms with van der Waals surface area (Å²) in [5, 5.41) is 3.06. The Morgan fingerprint density at radius 3 is 1.11 bits per heavy atom. The summed E-state index contributed by atoms with van der Waals surface area (Å²) in [5.41, 5.74) is 6.10. The molecule has 3 heteroatoms. The normalized spacial score (nSPS) is 12.2. The number of nitrogens with two attached hydrogens (primary N) is 1. The summed E-state index contributed by atoms with van der Waals surface area (Å²) in [7, 11) is 0. The highest BCUT2D eigenvalue weighted by Crippen LogP contribution is 2.14. The van der Waals surface area contributed by atoms with Gasteiger partial charge in [-0.2, -0.15) is 0 Å². The lowest BCUT2D eigenvalue weighted by Crippen LogP contribution is -2.40. The van der Waals surface area contributed by atoms with Crippen LogP contribution in [-0.4, -0.2) is 18.5 Å². The second-order valence-electron chi connectivity index (χ2n) is 11.2. The van der Waals surface area contributed by atoms with E-state index in [0.29, 0.717) is 0 Å². The van der Waals surface area contributed by atoms with Gasteiger partial charge >= 0.3 is 0 Å². The molecule has 1 amide bonds. The zero-order chi connectivity index (χ0) is 25.7. The van der Waals surface area contributed by atoms with E-state index in [9.17, 15) is 4.79 Å². The highest BCUT2D eigenvalue weighted by Gasteiger charge is 2.11. The van der Waals surface area contributed by atoms with Crippen LogP contribution in [-0.2, 0) is 4.79 Å². The van der Waals surface area contributed by atoms with Crippen molar-refractivity contribution >= 4 is 5.91 Å². The lowest BCUT2D eigenvalue weighted by molar-refractivity contribution is -0.122. The Morgan fingerprint density at radius 2 is 0.771 bits per heavy atom. The van der Waals surface area contributed by atoms with Gasteiger partial charge in [-0.15, -0.1) is 0 Å². The van der Waals surface area contributed by atoms with E-state index in [4.69, 9.17) is 5.73 Å². The topological polar surface area (TPSA) is 55.1 Å². The summed E-state index contributed by atoms with van der Waals surface area (Å²) < 4.78 is 0. The highest BCUT2D eigenvalue weighted by atomic mass is 16.2. The number of hydrogen-bond donors (Lipinski definition) is 2. The second kappa shape index (κ2) is 29.7. The van der Waals surface area contributed by atoms with E-state index in [1.54, 1.807) is 0 Å². The van der Waals surface area contributed by atoms with E-state index < -0.39 is 0 Å². The van der Waals surface area contributed by atoms with Crippen LogP contribution in [0.2, 0.25) is 0 Å². The average molecular weight is 495 g/mol. The zero-order valence-corrected chi connectivity index (χ0v) is 24.4. The van der Waals surface area contributed by atoms with Gasteiger partial charge in [-0.3, -0.25) is 4.79 Å². The first-order valence-corrected chi connectivity index (χ1v) is 16.3. The molecule has 0 fully saturated rings. The third-order valence-corrected chi connectivity index (χ3v) is 7.54. The molecule has 0 aromatic heterocycles. The molecule has 0 aromatic rings. The number of hydrogen-bond acceptors (Lipinski definition) is 2.